The fraction of sp³-hybridized carbons (Fsp3) is 0.400. The van der Waals surface area contributed by atoms with Gasteiger partial charge >= 0.3 is 0 Å². The lowest BCUT2D eigenvalue weighted by atomic mass is 10.2. The molecule has 0 spiro atoms. The summed E-state index contributed by atoms with van der Waals surface area (Å²) in [6.07, 6.45) is 0.907. The van der Waals surface area contributed by atoms with E-state index in [9.17, 15) is 9.18 Å². The average Bonchev–Trinajstić information content (AvgIpc) is 3.10. The Morgan fingerprint density at radius 3 is 2.85 bits per heavy atom. The molecule has 0 unspecified atom stereocenters. The van der Waals surface area contributed by atoms with Gasteiger partial charge in [0.2, 0.25) is 0 Å². The van der Waals surface area contributed by atoms with E-state index in [4.69, 9.17) is 4.52 Å². The van der Waals surface area contributed by atoms with Gasteiger partial charge in [-0.1, -0.05) is 5.16 Å². The second-order valence-electron chi connectivity index (χ2n) is 7.14. The normalized spacial score (nSPS) is 16.0. The summed E-state index contributed by atoms with van der Waals surface area (Å²) in [5, 5.41) is 4.73. The van der Waals surface area contributed by atoms with Crippen molar-refractivity contribution in [2.75, 3.05) is 26.2 Å². The van der Waals surface area contributed by atoms with E-state index < -0.39 is 0 Å². The Balaban J connectivity index is 1.44. The Labute approximate surface area is 156 Å². The second kappa shape index (κ2) is 7.15. The number of H-pyrrole nitrogens is 1. The quantitative estimate of drug-likeness (QED) is 0.769. The maximum Gasteiger partial charge on any atom is 0.270 e. The number of aryl methyl sites for hydroxylation is 2. The summed E-state index contributed by atoms with van der Waals surface area (Å²) in [5.41, 5.74) is 3.34. The van der Waals surface area contributed by atoms with Gasteiger partial charge in [-0.3, -0.25) is 9.69 Å². The SMILES string of the molecule is Cc1noc(C)c1CN1CCCN(C(=O)c2cc3cc(F)ccc3[nH]2)CC1. The summed E-state index contributed by atoms with van der Waals surface area (Å²) in [7, 11) is 0. The minimum absolute atomic E-state index is 0.0363. The van der Waals surface area contributed by atoms with E-state index in [1.807, 2.05) is 18.7 Å². The van der Waals surface area contributed by atoms with Crippen molar-refractivity contribution in [2.45, 2.75) is 26.8 Å². The minimum Gasteiger partial charge on any atom is -0.361 e. The van der Waals surface area contributed by atoms with Crippen LogP contribution in [0.5, 0.6) is 0 Å². The first-order valence-corrected chi connectivity index (χ1v) is 9.23. The molecule has 27 heavy (non-hydrogen) atoms. The smallest absolute Gasteiger partial charge is 0.270 e. The van der Waals surface area contributed by atoms with Gasteiger partial charge in [0.1, 0.15) is 17.3 Å². The van der Waals surface area contributed by atoms with Crippen molar-refractivity contribution in [1.82, 2.24) is 19.9 Å². The molecule has 1 aliphatic heterocycles. The number of benzene rings is 1. The highest BCUT2D eigenvalue weighted by Crippen LogP contribution is 2.20. The lowest BCUT2D eigenvalue weighted by Gasteiger charge is -2.21. The molecule has 0 radical (unpaired) electrons. The van der Waals surface area contributed by atoms with E-state index in [2.05, 4.69) is 15.0 Å². The van der Waals surface area contributed by atoms with Crippen molar-refractivity contribution >= 4 is 16.8 Å². The lowest BCUT2D eigenvalue weighted by molar-refractivity contribution is 0.0756. The summed E-state index contributed by atoms with van der Waals surface area (Å²) in [6.45, 7) is 7.76. The number of carbonyl (C=O) groups excluding carboxylic acids is 1. The van der Waals surface area contributed by atoms with E-state index >= 15 is 0 Å². The van der Waals surface area contributed by atoms with Crippen LogP contribution in [0, 0.1) is 19.7 Å². The number of rotatable bonds is 3. The number of aromatic amines is 1. The number of nitrogens with zero attached hydrogens (tertiary/aromatic N) is 3. The monoisotopic (exact) mass is 370 g/mol. The van der Waals surface area contributed by atoms with Crippen LogP contribution in [0.2, 0.25) is 0 Å². The third kappa shape index (κ3) is 3.60. The fourth-order valence-electron chi connectivity index (χ4n) is 3.67. The third-order valence-corrected chi connectivity index (χ3v) is 5.25. The Morgan fingerprint density at radius 1 is 1.22 bits per heavy atom. The van der Waals surface area contributed by atoms with Crippen LogP contribution in [0.4, 0.5) is 4.39 Å². The predicted octanol–water partition coefficient (Wildman–Crippen LogP) is 3.26. The van der Waals surface area contributed by atoms with Crippen LogP contribution >= 0.6 is 0 Å². The van der Waals surface area contributed by atoms with Gasteiger partial charge in [0.15, 0.2) is 0 Å². The molecule has 1 aliphatic rings. The molecule has 7 heteroatoms. The molecule has 0 saturated carbocycles. The van der Waals surface area contributed by atoms with Crippen LogP contribution in [0.1, 0.15) is 33.9 Å². The molecule has 6 nitrogen and oxygen atoms in total. The number of amides is 1. The molecule has 1 N–H and O–H groups in total. The Morgan fingerprint density at radius 2 is 2.07 bits per heavy atom. The number of halogens is 1. The number of carbonyl (C=O) groups is 1. The van der Waals surface area contributed by atoms with Gasteiger partial charge in [0.05, 0.1) is 5.69 Å². The Kier molecular flexibility index (Phi) is 4.70. The first-order chi connectivity index (χ1) is 13.0. The molecule has 4 rings (SSSR count). The fourth-order valence-corrected chi connectivity index (χ4v) is 3.67. The molecule has 142 valence electrons. The predicted molar refractivity (Wildman–Crippen MR) is 100 cm³/mol. The molecule has 0 bridgehead atoms. The molecule has 3 aromatic rings. The number of aromatic nitrogens is 2. The van der Waals surface area contributed by atoms with E-state index in [-0.39, 0.29) is 11.7 Å². The molecule has 1 fully saturated rings. The highest BCUT2D eigenvalue weighted by atomic mass is 19.1. The van der Waals surface area contributed by atoms with Gasteiger partial charge in [-0.2, -0.15) is 0 Å². The second-order valence-corrected chi connectivity index (χ2v) is 7.14. The summed E-state index contributed by atoms with van der Waals surface area (Å²) >= 11 is 0. The molecule has 0 atom stereocenters. The van der Waals surface area contributed by atoms with Crippen LogP contribution < -0.4 is 0 Å². The van der Waals surface area contributed by atoms with Crippen LogP contribution in [0.25, 0.3) is 10.9 Å². The molecule has 1 saturated heterocycles. The van der Waals surface area contributed by atoms with Gasteiger partial charge in [-0.05, 0) is 44.5 Å². The summed E-state index contributed by atoms with van der Waals surface area (Å²) in [4.78, 5) is 20.2. The van der Waals surface area contributed by atoms with Crippen molar-refractivity contribution in [3.8, 4) is 0 Å². The highest BCUT2D eigenvalue weighted by molar-refractivity contribution is 5.98. The van der Waals surface area contributed by atoms with Crippen molar-refractivity contribution < 1.29 is 13.7 Å². The van der Waals surface area contributed by atoms with Crippen LogP contribution in [-0.2, 0) is 6.54 Å². The zero-order valence-corrected chi connectivity index (χ0v) is 15.6. The summed E-state index contributed by atoms with van der Waals surface area (Å²) in [6, 6.07) is 6.23. The molecule has 0 aliphatic carbocycles. The minimum atomic E-state index is -0.301. The molecular formula is C20H23FN4O2. The number of fused-ring (bicyclic) bond motifs is 1. The lowest BCUT2D eigenvalue weighted by Crippen LogP contribution is -2.35. The van der Waals surface area contributed by atoms with Crippen LogP contribution in [0.15, 0.2) is 28.8 Å². The van der Waals surface area contributed by atoms with Crippen LogP contribution in [0.3, 0.4) is 0 Å². The van der Waals surface area contributed by atoms with Crippen molar-refractivity contribution in [3.05, 3.63) is 52.8 Å². The molecule has 1 amide bonds. The van der Waals surface area contributed by atoms with E-state index in [0.717, 1.165) is 48.6 Å². The first kappa shape index (κ1) is 17.7. The summed E-state index contributed by atoms with van der Waals surface area (Å²) in [5.74, 6) is 0.519. The maximum absolute atomic E-state index is 13.4. The zero-order chi connectivity index (χ0) is 19.0. The third-order valence-electron chi connectivity index (χ3n) is 5.25. The largest absolute Gasteiger partial charge is 0.361 e. The van der Waals surface area contributed by atoms with Crippen molar-refractivity contribution in [2.24, 2.45) is 0 Å². The van der Waals surface area contributed by atoms with Gasteiger partial charge in [0.25, 0.3) is 5.91 Å². The molecular weight excluding hydrogens is 347 g/mol. The zero-order valence-electron chi connectivity index (χ0n) is 15.6. The standard InChI is InChI=1S/C20H23FN4O2/c1-13-17(14(2)27-23-13)12-24-6-3-7-25(9-8-24)20(26)19-11-15-10-16(21)4-5-18(15)22-19/h4-5,10-11,22H,3,6-9,12H2,1-2H3. The average molecular weight is 370 g/mol. The first-order valence-electron chi connectivity index (χ1n) is 9.23. The maximum atomic E-state index is 13.4. The van der Waals surface area contributed by atoms with Crippen molar-refractivity contribution in [3.63, 3.8) is 0 Å². The van der Waals surface area contributed by atoms with E-state index in [1.165, 1.54) is 12.1 Å². The number of nitrogens with one attached hydrogen (secondary N) is 1. The molecule has 3 heterocycles. The molecule has 1 aromatic carbocycles. The molecule has 2 aromatic heterocycles. The van der Waals surface area contributed by atoms with E-state index in [0.29, 0.717) is 24.2 Å². The van der Waals surface area contributed by atoms with Gasteiger partial charge in [-0.15, -0.1) is 0 Å². The van der Waals surface area contributed by atoms with E-state index in [1.54, 1.807) is 12.1 Å². The van der Waals surface area contributed by atoms with Gasteiger partial charge in [0, 0.05) is 49.2 Å². The number of hydrogen-bond acceptors (Lipinski definition) is 4. The van der Waals surface area contributed by atoms with Crippen LogP contribution in [-0.4, -0.2) is 52.0 Å². The summed E-state index contributed by atoms with van der Waals surface area (Å²) < 4.78 is 18.6. The highest BCUT2D eigenvalue weighted by Gasteiger charge is 2.23. The van der Waals surface area contributed by atoms with Gasteiger partial charge in [-0.25, -0.2) is 4.39 Å². The van der Waals surface area contributed by atoms with Crippen molar-refractivity contribution in [1.29, 1.82) is 0 Å². The number of hydrogen-bond donors (Lipinski definition) is 1. The Hall–Kier alpha value is -2.67. The Bertz CT molecular complexity index is 958. The van der Waals surface area contributed by atoms with Gasteiger partial charge < -0.3 is 14.4 Å². The topological polar surface area (TPSA) is 65.4 Å².